The van der Waals surface area contributed by atoms with Gasteiger partial charge in [-0.05, 0) is 67.7 Å². The molecule has 2 aromatic rings. The van der Waals surface area contributed by atoms with Gasteiger partial charge in [0.15, 0.2) is 5.78 Å². The number of carbonyl (C=O) groups excluding carboxylic acids is 2. The highest BCUT2D eigenvalue weighted by Crippen LogP contribution is 2.18. The van der Waals surface area contributed by atoms with Crippen molar-refractivity contribution >= 4 is 11.8 Å². The van der Waals surface area contributed by atoms with Crippen LogP contribution in [0.2, 0.25) is 0 Å². The van der Waals surface area contributed by atoms with Gasteiger partial charge in [0, 0.05) is 38.1 Å². The van der Waals surface area contributed by atoms with Gasteiger partial charge in [-0.15, -0.1) is 0 Å². The van der Waals surface area contributed by atoms with Crippen LogP contribution in [-0.4, -0.2) is 59.8 Å². The summed E-state index contributed by atoms with van der Waals surface area (Å²) in [7, 11) is 1.81. The van der Waals surface area contributed by atoms with E-state index in [1.165, 1.54) is 24.3 Å². The third-order valence-corrected chi connectivity index (χ3v) is 5.29. The molecule has 0 bridgehead atoms. The maximum atomic E-state index is 13.0. The third-order valence-electron chi connectivity index (χ3n) is 5.29. The number of benzene rings is 1. The monoisotopic (exact) mass is 398 g/mol. The second-order valence-electron chi connectivity index (χ2n) is 7.55. The molecule has 2 heterocycles. The van der Waals surface area contributed by atoms with Gasteiger partial charge in [0.2, 0.25) is 0 Å². The Labute approximate surface area is 170 Å². The first-order valence-electron chi connectivity index (χ1n) is 9.90. The summed E-state index contributed by atoms with van der Waals surface area (Å²) in [6.07, 6.45) is 5.33. The highest BCUT2D eigenvalue weighted by Gasteiger charge is 2.23. The van der Waals surface area contributed by atoms with Gasteiger partial charge in [0.05, 0.1) is 6.54 Å². The third kappa shape index (κ3) is 6.35. The lowest BCUT2D eigenvalue weighted by Gasteiger charge is -2.33. The quantitative estimate of drug-likeness (QED) is 0.729. The lowest BCUT2D eigenvalue weighted by atomic mass is 9.96. The van der Waals surface area contributed by atoms with Crippen molar-refractivity contribution < 1.29 is 14.0 Å². The van der Waals surface area contributed by atoms with Gasteiger partial charge in [0.1, 0.15) is 5.82 Å². The van der Waals surface area contributed by atoms with Crippen LogP contribution in [0.3, 0.4) is 0 Å². The maximum absolute atomic E-state index is 13.0. The fourth-order valence-corrected chi connectivity index (χ4v) is 3.54. The van der Waals surface area contributed by atoms with E-state index in [-0.39, 0.29) is 17.6 Å². The zero-order valence-electron chi connectivity index (χ0n) is 16.7. The molecular formula is C22H27FN4O2. The van der Waals surface area contributed by atoms with E-state index in [0.29, 0.717) is 31.1 Å². The Morgan fingerprint density at radius 1 is 1.21 bits per heavy atom. The maximum Gasteiger partial charge on any atom is 0.317 e. The Kier molecular flexibility index (Phi) is 7.30. The molecule has 1 saturated heterocycles. The SMILES string of the molecule is CN(CC1CCN(CC(=O)c2ccc(F)cc2)CC1)C(=O)NCc1cccnc1. The summed E-state index contributed by atoms with van der Waals surface area (Å²) in [5.74, 6) is 0.0904. The number of halogens is 1. The summed E-state index contributed by atoms with van der Waals surface area (Å²) < 4.78 is 13.0. The lowest BCUT2D eigenvalue weighted by molar-refractivity contribution is 0.0886. The zero-order valence-corrected chi connectivity index (χ0v) is 16.7. The molecule has 0 spiro atoms. The first-order chi connectivity index (χ1) is 14.0. The van der Waals surface area contributed by atoms with Crippen LogP contribution in [0.15, 0.2) is 48.8 Å². The first kappa shape index (κ1) is 20.9. The molecule has 6 nitrogen and oxygen atoms in total. The van der Waals surface area contributed by atoms with Gasteiger partial charge in [0.25, 0.3) is 0 Å². The number of hydrogen-bond donors (Lipinski definition) is 1. The zero-order chi connectivity index (χ0) is 20.6. The van der Waals surface area contributed by atoms with E-state index in [4.69, 9.17) is 0 Å². The molecule has 3 rings (SSSR count). The number of amides is 2. The number of urea groups is 1. The molecule has 0 saturated carbocycles. The minimum absolute atomic E-state index is 0.00958. The molecule has 0 unspecified atom stereocenters. The van der Waals surface area contributed by atoms with Crippen molar-refractivity contribution in [1.82, 2.24) is 20.1 Å². The van der Waals surface area contributed by atoms with Crippen LogP contribution in [-0.2, 0) is 6.54 Å². The molecule has 1 aliphatic rings. The fourth-order valence-electron chi connectivity index (χ4n) is 3.54. The summed E-state index contributed by atoms with van der Waals surface area (Å²) in [5, 5.41) is 2.91. The average Bonchev–Trinajstić information content (AvgIpc) is 2.74. The number of carbonyl (C=O) groups is 2. The molecule has 154 valence electrons. The standard InChI is InChI=1S/C22H27FN4O2/c1-26(22(29)25-14-18-3-2-10-24-13-18)15-17-8-11-27(12-9-17)16-21(28)19-4-6-20(23)7-5-19/h2-7,10,13,17H,8-9,11-12,14-16H2,1H3,(H,25,29). The topological polar surface area (TPSA) is 65.5 Å². The number of rotatable bonds is 7. The van der Waals surface area contributed by atoms with Crippen LogP contribution in [0, 0.1) is 11.7 Å². The van der Waals surface area contributed by atoms with E-state index >= 15 is 0 Å². The largest absolute Gasteiger partial charge is 0.334 e. The van der Waals surface area contributed by atoms with E-state index in [0.717, 1.165) is 31.5 Å². The van der Waals surface area contributed by atoms with Crippen molar-refractivity contribution in [2.75, 3.05) is 33.2 Å². The highest BCUT2D eigenvalue weighted by molar-refractivity contribution is 5.97. The van der Waals surface area contributed by atoms with Crippen molar-refractivity contribution in [3.05, 3.63) is 65.7 Å². The van der Waals surface area contributed by atoms with Crippen LogP contribution in [0.4, 0.5) is 9.18 Å². The minimum atomic E-state index is -0.337. The van der Waals surface area contributed by atoms with Crippen LogP contribution >= 0.6 is 0 Å². The summed E-state index contributed by atoms with van der Waals surface area (Å²) in [5.41, 5.74) is 1.51. The number of nitrogens with zero attached hydrogens (tertiary/aromatic N) is 3. The molecule has 2 amide bonds. The molecule has 1 fully saturated rings. The van der Waals surface area contributed by atoms with Crippen LogP contribution in [0.1, 0.15) is 28.8 Å². The number of likely N-dealkylation sites (tertiary alicyclic amines) is 1. The first-order valence-corrected chi connectivity index (χ1v) is 9.90. The van der Waals surface area contributed by atoms with E-state index in [1.807, 2.05) is 19.2 Å². The molecule has 29 heavy (non-hydrogen) atoms. The molecular weight excluding hydrogens is 371 g/mol. The average molecular weight is 398 g/mol. The molecule has 1 aliphatic heterocycles. The van der Waals surface area contributed by atoms with Crippen LogP contribution in [0.5, 0.6) is 0 Å². The molecule has 0 radical (unpaired) electrons. The van der Waals surface area contributed by atoms with E-state index in [1.54, 1.807) is 17.3 Å². The van der Waals surface area contributed by atoms with Crippen molar-refractivity contribution in [3.63, 3.8) is 0 Å². The molecule has 1 aromatic carbocycles. The summed E-state index contributed by atoms with van der Waals surface area (Å²) in [6.45, 7) is 3.14. The summed E-state index contributed by atoms with van der Waals surface area (Å²) in [4.78, 5) is 32.5. The number of nitrogens with one attached hydrogen (secondary N) is 1. The smallest absolute Gasteiger partial charge is 0.317 e. The minimum Gasteiger partial charge on any atom is -0.334 e. The predicted molar refractivity (Wildman–Crippen MR) is 109 cm³/mol. The number of aromatic nitrogens is 1. The van der Waals surface area contributed by atoms with Gasteiger partial charge in [-0.1, -0.05) is 6.07 Å². The Morgan fingerprint density at radius 2 is 1.93 bits per heavy atom. The van der Waals surface area contributed by atoms with Crippen molar-refractivity contribution in [2.45, 2.75) is 19.4 Å². The van der Waals surface area contributed by atoms with Gasteiger partial charge in [-0.3, -0.25) is 14.7 Å². The molecule has 0 aliphatic carbocycles. The van der Waals surface area contributed by atoms with E-state index in [9.17, 15) is 14.0 Å². The van der Waals surface area contributed by atoms with Crippen molar-refractivity contribution in [3.8, 4) is 0 Å². The Hall–Kier alpha value is -2.80. The Bertz CT molecular complexity index is 805. The van der Waals surface area contributed by atoms with Crippen LogP contribution in [0.25, 0.3) is 0 Å². The molecule has 7 heteroatoms. The van der Waals surface area contributed by atoms with E-state index in [2.05, 4.69) is 15.2 Å². The Morgan fingerprint density at radius 3 is 2.59 bits per heavy atom. The Balaban J connectivity index is 1.38. The van der Waals surface area contributed by atoms with Gasteiger partial charge < -0.3 is 10.2 Å². The normalized spacial score (nSPS) is 15.1. The van der Waals surface area contributed by atoms with E-state index < -0.39 is 0 Å². The highest BCUT2D eigenvalue weighted by atomic mass is 19.1. The molecule has 1 N–H and O–H groups in total. The lowest BCUT2D eigenvalue weighted by Crippen LogP contribution is -2.43. The van der Waals surface area contributed by atoms with Gasteiger partial charge in [-0.25, -0.2) is 9.18 Å². The number of pyridine rings is 1. The number of ketones is 1. The fraction of sp³-hybridized carbons (Fsp3) is 0.409. The second-order valence-corrected chi connectivity index (χ2v) is 7.55. The summed E-state index contributed by atoms with van der Waals surface area (Å²) in [6, 6.07) is 9.37. The second kappa shape index (κ2) is 10.1. The molecule has 0 atom stereocenters. The number of hydrogen-bond acceptors (Lipinski definition) is 4. The van der Waals surface area contributed by atoms with Crippen LogP contribution < -0.4 is 5.32 Å². The van der Waals surface area contributed by atoms with Crippen molar-refractivity contribution in [2.24, 2.45) is 5.92 Å². The summed E-state index contributed by atoms with van der Waals surface area (Å²) >= 11 is 0. The predicted octanol–water partition coefficient (Wildman–Crippen LogP) is 2.96. The number of piperidine rings is 1. The van der Waals surface area contributed by atoms with Gasteiger partial charge in [-0.2, -0.15) is 0 Å². The molecule has 1 aromatic heterocycles. The van der Waals surface area contributed by atoms with Gasteiger partial charge >= 0.3 is 6.03 Å². The number of Topliss-reactive ketones (excluding diaryl/α,β-unsaturated/α-hetero) is 1. The van der Waals surface area contributed by atoms with Crippen molar-refractivity contribution in [1.29, 1.82) is 0 Å².